The van der Waals surface area contributed by atoms with Crippen molar-refractivity contribution in [2.45, 2.75) is 25.8 Å². The second-order valence-corrected chi connectivity index (χ2v) is 4.47. The number of rotatable bonds is 5. The Labute approximate surface area is 97.0 Å². The summed E-state index contributed by atoms with van der Waals surface area (Å²) in [5, 5.41) is 7.99. The fraction of sp³-hybridized carbons (Fsp3) is 0.750. The molecule has 0 saturated carbocycles. The number of aromatic nitrogens is 2. The van der Waals surface area contributed by atoms with Gasteiger partial charge in [-0.3, -0.25) is 4.68 Å². The van der Waals surface area contributed by atoms with Gasteiger partial charge in [0.15, 0.2) is 0 Å². The van der Waals surface area contributed by atoms with Gasteiger partial charge in [0.25, 0.3) is 0 Å². The summed E-state index contributed by atoms with van der Waals surface area (Å²) < 4.78 is 7.33. The number of hydrogen-bond donors (Lipinski definition) is 1. The fourth-order valence-corrected chi connectivity index (χ4v) is 2.34. The van der Waals surface area contributed by atoms with Gasteiger partial charge in [0.2, 0.25) is 0 Å². The van der Waals surface area contributed by atoms with Gasteiger partial charge in [-0.05, 0) is 19.0 Å². The van der Waals surface area contributed by atoms with Gasteiger partial charge in [0.05, 0.1) is 12.3 Å². The van der Waals surface area contributed by atoms with Crippen molar-refractivity contribution in [2.24, 2.45) is 13.0 Å². The molecular weight excluding hydrogens is 202 g/mol. The fourth-order valence-electron chi connectivity index (χ4n) is 2.34. The molecule has 0 aromatic carbocycles. The average Bonchev–Trinajstić information content (AvgIpc) is 2.88. The van der Waals surface area contributed by atoms with Crippen LogP contribution in [0, 0.1) is 5.92 Å². The molecule has 1 aliphatic heterocycles. The Kier molecular flexibility index (Phi) is 3.96. The maximum Gasteiger partial charge on any atom is 0.0640 e. The third-order valence-electron chi connectivity index (χ3n) is 3.20. The first-order valence-corrected chi connectivity index (χ1v) is 6.09. The number of nitrogens with one attached hydrogen (secondary N) is 1. The third kappa shape index (κ3) is 2.83. The highest BCUT2D eigenvalue weighted by atomic mass is 16.5. The van der Waals surface area contributed by atoms with Gasteiger partial charge in [-0.15, -0.1) is 0 Å². The van der Waals surface area contributed by atoms with E-state index in [9.17, 15) is 0 Å². The number of ether oxygens (including phenoxy) is 1. The Hall–Kier alpha value is -0.870. The van der Waals surface area contributed by atoms with Crippen LogP contribution in [0.4, 0.5) is 0 Å². The lowest BCUT2D eigenvalue weighted by Crippen LogP contribution is -2.38. The highest BCUT2D eigenvalue weighted by Crippen LogP contribution is 2.19. The Morgan fingerprint density at radius 1 is 1.69 bits per heavy atom. The van der Waals surface area contributed by atoms with Crippen LogP contribution in [-0.4, -0.2) is 35.6 Å². The molecule has 0 spiro atoms. The lowest BCUT2D eigenvalue weighted by Gasteiger charge is -2.22. The monoisotopic (exact) mass is 223 g/mol. The molecule has 1 aliphatic rings. The van der Waals surface area contributed by atoms with E-state index in [2.05, 4.69) is 23.4 Å². The molecule has 2 rings (SSSR count). The SMILES string of the molecule is CCNC(Cc1ccn(C)n1)C1CCOC1. The van der Waals surface area contributed by atoms with E-state index in [0.717, 1.165) is 26.2 Å². The quantitative estimate of drug-likeness (QED) is 0.808. The summed E-state index contributed by atoms with van der Waals surface area (Å²) in [5.74, 6) is 0.641. The molecule has 0 aliphatic carbocycles. The van der Waals surface area contributed by atoms with E-state index in [1.807, 2.05) is 17.9 Å². The minimum atomic E-state index is 0.502. The van der Waals surface area contributed by atoms with Crippen molar-refractivity contribution in [1.82, 2.24) is 15.1 Å². The number of hydrogen-bond acceptors (Lipinski definition) is 3. The van der Waals surface area contributed by atoms with Gasteiger partial charge in [-0.1, -0.05) is 6.92 Å². The molecule has 1 aromatic heterocycles. The van der Waals surface area contributed by atoms with Crippen LogP contribution in [0.2, 0.25) is 0 Å². The Balaban J connectivity index is 1.96. The van der Waals surface area contributed by atoms with Crippen molar-refractivity contribution in [3.63, 3.8) is 0 Å². The van der Waals surface area contributed by atoms with Crippen molar-refractivity contribution in [3.05, 3.63) is 18.0 Å². The molecule has 1 saturated heterocycles. The lowest BCUT2D eigenvalue weighted by atomic mass is 9.95. The zero-order valence-electron chi connectivity index (χ0n) is 10.1. The molecule has 2 unspecified atom stereocenters. The lowest BCUT2D eigenvalue weighted by molar-refractivity contribution is 0.176. The smallest absolute Gasteiger partial charge is 0.0640 e. The normalized spacial score (nSPS) is 22.5. The van der Waals surface area contributed by atoms with Crippen LogP contribution >= 0.6 is 0 Å². The van der Waals surface area contributed by atoms with E-state index in [4.69, 9.17) is 4.74 Å². The minimum absolute atomic E-state index is 0.502. The summed E-state index contributed by atoms with van der Waals surface area (Å²) in [6.07, 6.45) is 4.18. The Morgan fingerprint density at radius 3 is 3.12 bits per heavy atom. The van der Waals surface area contributed by atoms with Crippen LogP contribution < -0.4 is 5.32 Å². The molecule has 0 amide bonds. The van der Waals surface area contributed by atoms with E-state index < -0.39 is 0 Å². The predicted molar refractivity (Wildman–Crippen MR) is 63.3 cm³/mol. The topological polar surface area (TPSA) is 39.1 Å². The van der Waals surface area contributed by atoms with E-state index >= 15 is 0 Å². The predicted octanol–water partition coefficient (Wildman–Crippen LogP) is 0.977. The summed E-state index contributed by atoms with van der Waals surface area (Å²) in [5.41, 5.74) is 1.17. The van der Waals surface area contributed by atoms with Gasteiger partial charge in [-0.25, -0.2) is 0 Å². The zero-order chi connectivity index (χ0) is 11.4. The first-order chi connectivity index (χ1) is 7.79. The van der Waals surface area contributed by atoms with Crippen LogP contribution in [-0.2, 0) is 18.2 Å². The molecule has 1 fully saturated rings. The number of nitrogens with zero attached hydrogens (tertiary/aromatic N) is 2. The van der Waals surface area contributed by atoms with Gasteiger partial charge >= 0.3 is 0 Å². The molecule has 2 heterocycles. The van der Waals surface area contributed by atoms with Crippen LogP contribution in [0.3, 0.4) is 0 Å². The van der Waals surface area contributed by atoms with E-state index in [-0.39, 0.29) is 0 Å². The van der Waals surface area contributed by atoms with Crippen LogP contribution in [0.25, 0.3) is 0 Å². The van der Waals surface area contributed by atoms with Gasteiger partial charge < -0.3 is 10.1 Å². The molecule has 90 valence electrons. The number of aryl methyl sites for hydroxylation is 1. The van der Waals surface area contributed by atoms with Crippen molar-refractivity contribution >= 4 is 0 Å². The van der Waals surface area contributed by atoms with Crippen molar-refractivity contribution < 1.29 is 4.74 Å². The second kappa shape index (κ2) is 5.46. The van der Waals surface area contributed by atoms with Gasteiger partial charge in [0.1, 0.15) is 0 Å². The van der Waals surface area contributed by atoms with E-state index in [1.54, 1.807) is 0 Å². The summed E-state index contributed by atoms with van der Waals surface area (Å²) in [4.78, 5) is 0. The Bertz CT molecular complexity index is 318. The van der Waals surface area contributed by atoms with Crippen molar-refractivity contribution in [1.29, 1.82) is 0 Å². The molecule has 1 N–H and O–H groups in total. The van der Waals surface area contributed by atoms with Crippen molar-refractivity contribution in [3.8, 4) is 0 Å². The maximum atomic E-state index is 5.46. The highest BCUT2D eigenvalue weighted by molar-refractivity contribution is 5.02. The first-order valence-electron chi connectivity index (χ1n) is 6.09. The first kappa shape index (κ1) is 11.6. The second-order valence-electron chi connectivity index (χ2n) is 4.47. The molecule has 4 heteroatoms. The average molecular weight is 223 g/mol. The zero-order valence-corrected chi connectivity index (χ0v) is 10.1. The summed E-state index contributed by atoms with van der Waals surface area (Å²) in [7, 11) is 1.96. The molecule has 16 heavy (non-hydrogen) atoms. The van der Waals surface area contributed by atoms with Gasteiger partial charge in [0, 0.05) is 38.2 Å². The summed E-state index contributed by atoms with van der Waals surface area (Å²) in [6.45, 7) is 4.97. The molecule has 4 nitrogen and oxygen atoms in total. The van der Waals surface area contributed by atoms with Crippen LogP contribution in [0.15, 0.2) is 12.3 Å². The van der Waals surface area contributed by atoms with E-state index in [0.29, 0.717) is 12.0 Å². The summed E-state index contributed by atoms with van der Waals surface area (Å²) >= 11 is 0. The van der Waals surface area contributed by atoms with Crippen molar-refractivity contribution in [2.75, 3.05) is 19.8 Å². The molecule has 0 bridgehead atoms. The molecular formula is C12H21N3O. The minimum Gasteiger partial charge on any atom is -0.381 e. The highest BCUT2D eigenvalue weighted by Gasteiger charge is 2.25. The molecule has 0 radical (unpaired) electrons. The Morgan fingerprint density at radius 2 is 2.56 bits per heavy atom. The maximum absolute atomic E-state index is 5.46. The van der Waals surface area contributed by atoms with Crippen LogP contribution in [0.1, 0.15) is 19.0 Å². The van der Waals surface area contributed by atoms with E-state index in [1.165, 1.54) is 12.1 Å². The standard InChI is InChI=1S/C12H21N3O/c1-3-13-12(10-5-7-16-9-10)8-11-4-6-15(2)14-11/h4,6,10,12-13H,3,5,7-9H2,1-2H3. The summed E-state index contributed by atoms with van der Waals surface area (Å²) in [6, 6.07) is 2.60. The third-order valence-corrected chi connectivity index (χ3v) is 3.20. The molecule has 1 aromatic rings. The largest absolute Gasteiger partial charge is 0.381 e. The van der Waals surface area contributed by atoms with Crippen LogP contribution in [0.5, 0.6) is 0 Å². The number of likely N-dealkylation sites (N-methyl/N-ethyl adjacent to an activating group) is 1. The molecule has 2 atom stereocenters. The van der Waals surface area contributed by atoms with Gasteiger partial charge in [-0.2, -0.15) is 5.10 Å².